The van der Waals surface area contributed by atoms with Gasteiger partial charge >= 0.3 is 0 Å². The van der Waals surface area contributed by atoms with Gasteiger partial charge in [0.05, 0.1) is 0 Å². The first-order valence-electron chi connectivity index (χ1n) is 5.95. The Kier molecular flexibility index (Phi) is 3.47. The van der Waals surface area contributed by atoms with Crippen LogP contribution in [-0.4, -0.2) is 12.6 Å². The standard InChI is InChI=1S/C13H21NS/c1-9(2)14-7-11-4-5-13(11)12-6-10(3)15-8-12/h6,8-9,11,13-14H,4-5,7H2,1-3H3. The second-order valence-electron chi connectivity index (χ2n) is 5.00. The SMILES string of the molecule is Cc1cc(C2CCC2CNC(C)C)cs1. The summed E-state index contributed by atoms with van der Waals surface area (Å²) in [4.78, 5) is 1.45. The van der Waals surface area contributed by atoms with Gasteiger partial charge in [0.1, 0.15) is 0 Å². The fourth-order valence-corrected chi connectivity index (χ4v) is 3.07. The lowest BCUT2D eigenvalue weighted by atomic mass is 9.70. The Morgan fingerprint density at radius 3 is 2.73 bits per heavy atom. The molecule has 0 aromatic carbocycles. The molecule has 2 rings (SSSR count). The molecule has 84 valence electrons. The van der Waals surface area contributed by atoms with Crippen LogP contribution in [0.2, 0.25) is 0 Å². The van der Waals surface area contributed by atoms with Crippen molar-refractivity contribution < 1.29 is 0 Å². The van der Waals surface area contributed by atoms with Crippen molar-refractivity contribution in [3.05, 3.63) is 21.9 Å². The van der Waals surface area contributed by atoms with Gasteiger partial charge in [-0.15, -0.1) is 11.3 Å². The van der Waals surface area contributed by atoms with Crippen LogP contribution in [0.15, 0.2) is 11.4 Å². The molecule has 1 heterocycles. The Hall–Kier alpha value is -0.340. The zero-order valence-corrected chi connectivity index (χ0v) is 10.7. The third-order valence-electron chi connectivity index (χ3n) is 3.38. The van der Waals surface area contributed by atoms with Gasteiger partial charge in [0.15, 0.2) is 0 Å². The Morgan fingerprint density at radius 2 is 2.27 bits per heavy atom. The Labute approximate surface area is 96.9 Å². The number of nitrogens with one attached hydrogen (secondary N) is 1. The highest BCUT2D eigenvalue weighted by Crippen LogP contribution is 2.43. The van der Waals surface area contributed by atoms with Crippen LogP contribution in [0.1, 0.15) is 43.0 Å². The van der Waals surface area contributed by atoms with Gasteiger partial charge in [0.25, 0.3) is 0 Å². The molecule has 1 saturated carbocycles. The third-order valence-corrected chi connectivity index (χ3v) is 4.26. The minimum Gasteiger partial charge on any atom is -0.314 e. The highest BCUT2D eigenvalue weighted by molar-refractivity contribution is 7.10. The molecule has 1 aromatic heterocycles. The predicted octanol–water partition coefficient (Wildman–Crippen LogP) is 3.55. The average Bonchev–Trinajstić information content (AvgIpc) is 2.49. The summed E-state index contributed by atoms with van der Waals surface area (Å²) in [6, 6.07) is 2.99. The molecule has 0 aliphatic heterocycles. The van der Waals surface area contributed by atoms with Gasteiger partial charge in [-0.25, -0.2) is 0 Å². The minimum atomic E-state index is 0.621. The number of aryl methyl sites for hydroxylation is 1. The van der Waals surface area contributed by atoms with E-state index in [0.717, 1.165) is 11.8 Å². The van der Waals surface area contributed by atoms with E-state index in [9.17, 15) is 0 Å². The van der Waals surface area contributed by atoms with Crippen molar-refractivity contribution in [2.75, 3.05) is 6.54 Å². The average molecular weight is 223 g/mol. The van der Waals surface area contributed by atoms with Crippen molar-refractivity contribution in [3.8, 4) is 0 Å². The molecule has 1 aliphatic rings. The summed E-state index contributed by atoms with van der Waals surface area (Å²) in [5, 5.41) is 5.91. The maximum Gasteiger partial charge on any atom is 0.00171 e. The van der Waals surface area contributed by atoms with Crippen LogP contribution < -0.4 is 5.32 Å². The maximum absolute atomic E-state index is 3.56. The number of rotatable bonds is 4. The van der Waals surface area contributed by atoms with E-state index in [-0.39, 0.29) is 0 Å². The van der Waals surface area contributed by atoms with Gasteiger partial charge in [-0.1, -0.05) is 13.8 Å². The fraction of sp³-hybridized carbons (Fsp3) is 0.692. The Balaban J connectivity index is 1.89. The summed E-state index contributed by atoms with van der Waals surface area (Å²) >= 11 is 1.89. The van der Waals surface area contributed by atoms with Crippen LogP contribution in [0.25, 0.3) is 0 Å². The topological polar surface area (TPSA) is 12.0 Å². The van der Waals surface area contributed by atoms with Crippen molar-refractivity contribution in [1.29, 1.82) is 0 Å². The summed E-state index contributed by atoms with van der Waals surface area (Å²) in [6.07, 6.45) is 2.79. The molecular formula is C13H21NS. The first-order valence-corrected chi connectivity index (χ1v) is 6.83. The first-order chi connectivity index (χ1) is 7.16. The Morgan fingerprint density at radius 1 is 1.47 bits per heavy atom. The van der Waals surface area contributed by atoms with Crippen LogP contribution in [0.3, 0.4) is 0 Å². The zero-order chi connectivity index (χ0) is 10.8. The lowest BCUT2D eigenvalue weighted by molar-refractivity contribution is 0.241. The summed E-state index contributed by atoms with van der Waals surface area (Å²) in [6.45, 7) is 7.84. The molecule has 2 heteroatoms. The lowest BCUT2D eigenvalue weighted by Crippen LogP contribution is -2.36. The van der Waals surface area contributed by atoms with Crippen LogP contribution in [-0.2, 0) is 0 Å². The molecule has 15 heavy (non-hydrogen) atoms. The third kappa shape index (κ3) is 2.61. The number of thiophene rings is 1. The number of hydrogen-bond acceptors (Lipinski definition) is 2. The van der Waals surface area contributed by atoms with E-state index in [1.165, 1.54) is 24.3 Å². The Bertz CT molecular complexity index is 316. The lowest BCUT2D eigenvalue weighted by Gasteiger charge is -2.37. The molecule has 0 bridgehead atoms. The van der Waals surface area contributed by atoms with Gasteiger partial charge in [-0.05, 0) is 55.2 Å². The van der Waals surface area contributed by atoms with E-state index in [4.69, 9.17) is 0 Å². The van der Waals surface area contributed by atoms with E-state index in [0.29, 0.717) is 6.04 Å². The normalized spacial score (nSPS) is 25.6. The minimum absolute atomic E-state index is 0.621. The van der Waals surface area contributed by atoms with Crippen molar-refractivity contribution in [2.24, 2.45) is 5.92 Å². The van der Waals surface area contributed by atoms with E-state index >= 15 is 0 Å². The van der Waals surface area contributed by atoms with Gasteiger partial charge in [0, 0.05) is 10.9 Å². The summed E-state index contributed by atoms with van der Waals surface area (Å²) < 4.78 is 0. The molecule has 1 aromatic rings. The molecular weight excluding hydrogens is 202 g/mol. The van der Waals surface area contributed by atoms with Gasteiger partial charge in [-0.3, -0.25) is 0 Å². The molecule has 0 spiro atoms. The molecule has 0 saturated heterocycles. The van der Waals surface area contributed by atoms with Gasteiger partial charge in [-0.2, -0.15) is 0 Å². The second kappa shape index (κ2) is 4.67. The highest BCUT2D eigenvalue weighted by Gasteiger charge is 2.32. The van der Waals surface area contributed by atoms with E-state index in [1.54, 1.807) is 5.56 Å². The molecule has 1 aliphatic carbocycles. The number of hydrogen-bond donors (Lipinski definition) is 1. The van der Waals surface area contributed by atoms with Crippen molar-refractivity contribution in [1.82, 2.24) is 5.32 Å². The van der Waals surface area contributed by atoms with Crippen molar-refractivity contribution in [3.63, 3.8) is 0 Å². The molecule has 0 radical (unpaired) electrons. The quantitative estimate of drug-likeness (QED) is 0.823. The molecule has 0 amide bonds. The van der Waals surface area contributed by atoms with Crippen LogP contribution >= 0.6 is 11.3 Å². The zero-order valence-electron chi connectivity index (χ0n) is 9.92. The summed E-state index contributed by atoms with van der Waals surface area (Å²) in [5.41, 5.74) is 1.58. The van der Waals surface area contributed by atoms with Crippen LogP contribution in [0, 0.1) is 12.8 Å². The highest BCUT2D eigenvalue weighted by atomic mass is 32.1. The van der Waals surface area contributed by atoms with E-state index in [1.807, 2.05) is 11.3 Å². The maximum atomic E-state index is 3.56. The first kappa shape index (κ1) is 11.2. The molecule has 1 N–H and O–H groups in total. The van der Waals surface area contributed by atoms with Crippen LogP contribution in [0.4, 0.5) is 0 Å². The second-order valence-corrected chi connectivity index (χ2v) is 6.11. The van der Waals surface area contributed by atoms with Crippen molar-refractivity contribution in [2.45, 2.75) is 45.6 Å². The molecule has 1 fully saturated rings. The van der Waals surface area contributed by atoms with E-state index in [2.05, 4.69) is 37.5 Å². The van der Waals surface area contributed by atoms with E-state index < -0.39 is 0 Å². The predicted molar refractivity (Wildman–Crippen MR) is 67.7 cm³/mol. The summed E-state index contributed by atoms with van der Waals surface area (Å²) in [5.74, 6) is 1.71. The monoisotopic (exact) mass is 223 g/mol. The van der Waals surface area contributed by atoms with Crippen LogP contribution in [0.5, 0.6) is 0 Å². The molecule has 2 unspecified atom stereocenters. The molecule has 2 atom stereocenters. The van der Waals surface area contributed by atoms with Gasteiger partial charge < -0.3 is 5.32 Å². The van der Waals surface area contributed by atoms with Gasteiger partial charge in [0.2, 0.25) is 0 Å². The van der Waals surface area contributed by atoms with Crippen molar-refractivity contribution >= 4 is 11.3 Å². The molecule has 1 nitrogen and oxygen atoms in total. The smallest absolute Gasteiger partial charge is 0.00171 e. The summed E-state index contributed by atoms with van der Waals surface area (Å²) in [7, 11) is 0. The largest absolute Gasteiger partial charge is 0.314 e. The fourth-order valence-electron chi connectivity index (χ4n) is 2.30.